The third-order valence-electron chi connectivity index (χ3n) is 1.69. The van der Waals surface area contributed by atoms with Gasteiger partial charge in [-0.2, -0.15) is 11.8 Å². The number of carbonyl (C=O) groups excluding carboxylic acids is 2. The number of methoxy groups -OCH3 is 1. The highest BCUT2D eigenvalue weighted by Gasteiger charge is 2.18. The Morgan fingerprint density at radius 3 is 2.60 bits per heavy atom. The normalized spacial score (nSPS) is 11.9. The van der Waals surface area contributed by atoms with E-state index in [1.165, 1.54) is 14.0 Å². The second-order valence-corrected chi connectivity index (χ2v) is 3.96. The van der Waals surface area contributed by atoms with Crippen molar-refractivity contribution < 1.29 is 14.3 Å². The Morgan fingerprint density at radius 1 is 1.47 bits per heavy atom. The molecule has 0 aromatic carbocycles. The fourth-order valence-electron chi connectivity index (χ4n) is 1.00. The molecule has 0 aromatic rings. The molecule has 2 N–H and O–H groups in total. The maximum Gasteiger partial charge on any atom is 0.329 e. The summed E-state index contributed by atoms with van der Waals surface area (Å²) in [5, 5.41) is 5.60. The number of hydrogen-bond acceptors (Lipinski definition) is 5. The van der Waals surface area contributed by atoms with Crippen LogP contribution in [0.4, 0.5) is 0 Å². The second-order valence-electron chi connectivity index (χ2n) is 2.97. The molecule has 88 valence electrons. The molecule has 0 heterocycles. The molecule has 6 heteroatoms. The van der Waals surface area contributed by atoms with Crippen molar-refractivity contribution in [2.45, 2.75) is 13.0 Å². The first-order chi connectivity index (χ1) is 7.11. The van der Waals surface area contributed by atoms with Crippen molar-refractivity contribution >= 4 is 23.6 Å². The molecule has 15 heavy (non-hydrogen) atoms. The number of ether oxygens (including phenoxy) is 1. The van der Waals surface area contributed by atoms with Crippen molar-refractivity contribution in [2.75, 3.05) is 32.2 Å². The predicted octanol–water partition coefficient (Wildman–Crippen LogP) is -0.383. The van der Waals surface area contributed by atoms with Crippen molar-refractivity contribution in [2.24, 2.45) is 0 Å². The molecular formula is C9H18N2O3S. The van der Waals surface area contributed by atoms with Gasteiger partial charge in [-0.25, -0.2) is 4.79 Å². The molecule has 0 aliphatic heterocycles. The van der Waals surface area contributed by atoms with Crippen LogP contribution in [0.5, 0.6) is 0 Å². The highest BCUT2D eigenvalue weighted by atomic mass is 32.2. The third-order valence-corrected chi connectivity index (χ3v) is 2.31. The molecule has 0 saturated carbocycles. The standard InChI is InChI=1S/C9H18N2O3S/c1-7(12)11-8(9(13)14-2)6-10-4-5-15-3/h8,10H,4-6H2,1-3H3,(H,11,12). The summed E-state index contributed by atoms with van der Waals surface area (Å²) in [5.41, 5.74) is 0. The van der Waals surface area contributed by atoms with Crippen molar-refractivity contribution in [3.63, 3.8) is 0 Å². The van der Waals surface area contributed by atoms with Crippen LogP contribution in [0, 0.1) is 0 Å². The summed E-state index contributed by atoms with van der Waals surface area (Å²) in [6.07, 6.45) is 2.01. The maximum absolute atomic E-state index is 11.2. The molecule has 1 amide bonds. The second kappa shape index (κ2) is 8.55. The Kier molecular flexibility index (Phi) is 8.12. The van der Waals surface area contributed by atoms with Gasteiger partial charge in [-0.05, 0) is 6.26 Å². The first-order valence-electron chi connectivity index (χ1n) is 4.66. The minimum atomic E-state index is -0.602. The Labute approximate surface area is 94.3 Å². The number of esters is 1. The van der Waals surface area contributed by atoms with E-state index in [2.05, 4.69) is 15.4 Å². The van der Waals surface area contributed by atoms with E-state index in [0.29, 0.717) is 6.54 Å². The molecule has 0 aromatic heterocycles. The Bertz CT molecular complexity index is 212. The number of nitrogens with one attached hydrogen (secondary N) is 2. The van der Waals surface area contributed by atoms with E-state index in [4.69, 9.17) is 0 Å². The van der Waals surface area contributed by atoms with Crippen LogP contribution in [0.1, 0.15) is 6.92 Å². The van der Waals surface area contributed by atoms with Crippen molar-refractivity contribution in [1.82, 2.24) is 10.6 Å². The number of carbonyl (C=O) groups is 2. The van der Waals surface area contributed by atoms with Crippen molar-refractivity contribution in [3.8, 4) is 0 Å². The molecule has 0 rings (SSSR count). The average molecular weight is 234 g/mol. The number of rotatable bonds is 7. The molecule has 5 nitrogen and oxygen atoms in total. The SMILES string of the molecule is COC(=O)C(CNCCSC)NC(C)=O. The topological polar surface area (TPSA) is 67.4 Å². The van der Waals surface area contributed by atoms with E-state index in [1.54, 1.807) is 11.8 Å². The summed E-state index contributed by atoms with van der Waals surface area (Å²) in [7, 11) is 1.30. The van der Waals surface area contributed by atoms with E-state index < -0.39 is 12.0 Å². The van der Waals surface area contributed by atoms with Crippen LogP contribution in [-0.4, -0.2) is 50.1 Å². The molecule has 0 aliphatic rings. The summed E-state index contributed by atoms with van der Waals surface area (Å²) < 4.78 is 4.57. The van der Waals surface area contributed by atoms with Crippen LogP contribution < -0.4 is 10.6 Å². The molecule has 1 atom stereocenters. The largest absolute Gasteiger partial charge is 0.467 e. The van der Waals surface area contributed by atoms with E-state index in [-0.39, 0.29) is 5.91 Å². The Morgan fingerprint density at radius 2 is 2.13 bits per heavy atom. The highest BCUT2D eigenvalue weighted by Crippen LogP contribution is 1.90. The van der Waals surface area contributed by atoms with Gasteiger partial charge in [0, 0.05) is 25.8 Å². The van der Waals surface area contributed by atoms with Gasteiger partial charge < -0.3 is 15.4 Å². The predicted molar refractivity (Wildman–Crippen MR) is 60.9 cm³/mol. The van der Waals surface area contributed by atoms with Crippen LogP contribution in [0.15, 0.2) is 0 Å². The van der Waals surface area contributed by atoms with Crippen LogP contribution in [0.25, 0.3) is 0 Å². The van der Waals surface area contributed by atoms with Crippen LogP contribution >= 0.6 is 11.8 Å². The molecule has 1 unspecified atom stereocenters. The minimum Gasteiger partial charge on any atom is -0.467 e. The van der Waals surface area contributed by atoms with Gasteiger partial charge in [0.2, 0.25) is 5.91 Å². The summed E-state index contributed by atoms with van der Waals surface area (Å²) in [6.45, 7) is 2.57. The lowest BCUT2D eigenvalue weighted by Crippen LogP contribution is -2.47. The average Bonchev–Trinajstić information content (AvgIpc) is 2.21. The Balaban J connectivity index is 3.90. The zero-order valence-electron chi connectivity index (χ0n) is 9.33. The first kappa shape index (κ1) is 14.2. The highest BCUT2D eigenvalue weighted by molar-refractivity contribution is 7.98. The van der Waals surface area contributed by atoms with Crippen molar-refractivity contribution in [1.29, 1.82) is 0 Å². The quantitative estimate of drug-likeness (QED) is 0.464. The lowest BCUT2D eigenvalue weighted by molar-refractivity contribution is -0.144. The van der Waals surface area contributed by atoms with Crippen LogP contribution in [0.3, 0.4) is 0 Å². The fraction of sp³-hybridized carbons (Fsp3) is 0.778. The molecule has 0 aliphatic carbocycles. The molecular weight excluding hydrogens is 216 g/mol. The zero-order chi connectivity index (χ0) is 11.7. The smallest absolute Gasteiger partial charge is 0.329 e. The summed E-state index contributed by atoms with van der Waals surface area (Å²) >= 11 is 1.72. The number of hydrogen-bond donors (Lipinski definition) is 2. The van der Waals surface area contributed by atoms with Gasteiger partial charge in [-0.1, -0.05) is 0 Å². The molecule has 0 saturated heterocycles. The minimum absolute atomic E-state index is 0.239. The van der Waals surface area contributed by atoms with Gasteiger partial charge in [0.1, 0.15) is 6.04 Å². The van der Waals surface area contributed by atoms with E-state index in [0.717, 1.165) is 12.3 Å². The van der Waals surface area contributed by atoms with Gasteiger partial charge in [-0.15, -0.1) is 0 Å². The third kappa shape index (κ3) is 7.21. The van der Waals surface area contributed by atoms with Gasteiger partial charge in [0.15, 0.2) is 0 Å². The van der Waals surface area contributed by atoms with E-state index in [9.17, 15) is 9.59 Å². The Hall–Kier alpha value is -0.750. The zero-order valence-corrected chi connectivity index (χ0v) is 10.1. The lowest BCUT2D eigenvalue weighted by Gasteiger charge is -2.15. The van der Waals surface area contributed by atoms with Crippen LogP contribution in [0.2, 0.25) is 0 Å². The van der Waals surface area contributed by atoms with Crippen LogP contribution in [-0.2, 0) is 14.3 Å². The van der Waals surface area contributed by atoms with Gasteiger partial charge in [-0.3, -0.25) is 4.79 Å². The van der Waals surface area contributed by atoms with E-state index >= 15 is 0 Å². The number of thioether (sulfide) groups is 1. The molecule has 0 spiro atoms. The van der Waals surface area contributed by atoms with Gasteiger partial charge in [0.05, 0.1) is 7.11 Å². The van der Waals surface area contributed by atoms with Crippen molar-refractivity contribution in [3.05, 3.63) is 0 Å². The lowest BCUT2D eigenvalue weighted by atomic mass is 10.3. The summed E-state index contributed by atoms with van der Waals surface area (Å²) in [5.74, 6) is 0.299. The first-order valence-corrected chi connectivity index (χ1v) is 6.05. The van der Waals surface area contributed by atoms with E-state index in [1.807, 2.05) is 6.26 Å². The number of amides is 1. The van der Waals surface area contributed by atoms with Gasteiger partial charge >= 0.3 is 5.97 Å². The summed E-state index contributed by atoms with van der Waals surface area (Å²) in [4.78, 5) is 22.0. The molecule has 0 fully saturated rings. The summed E-state index contributed by atoms with van der Waals surface area (Å²) in [6, 6.07) is -0.602. The molecule has 0 bridgehead atoms. The fourth-order valence-corrected chi connectivity index (χ4v) is 1.35. The monoisotopic (exact) mass is 234 g/mol. The maximum atomic E-state index is 11.2. The van der Waals surface area contributed by atoms with Gasteiger partial charge in [0.25, 0.3) is 0 Å². The molecule has 0 radical (unpaired) electrons.